The third-order valence-electron chi connectivity index (χ3n) is 2.47. The SMILES string of the molecule is Cc1ccc2c(c1)NCCC(C)N2. The van der Waals surface area contributed by atoms with Crippen LogP contribution in [0.3, 0.4) is 0 Å². The molecule has 0 bridgehead atoms. The third-order valence-corrected chi connectivity index (χ3v) is 2.47. The first-order valence-corrected chi connectivity index (χ1v) is 4.87. The number of fused-ring (bicyclic) bond motifs is 1. The average molecular weight is 176 g/mol. The number of anilines is 2. The maximum Gasteiger partial charge on any atom is 0.0578 e. The monoisotopic (exact) mass is 176 g/mol. The van der Waals surface area contributed by atoms with Crippen LogP contribution in [0.5, 0.6) is 0 Å². The van der Waals surface area contributed by atoms with Crippen LogP contribution in [0, 0.1) is 6.92 Å². The van der Waals surface area contributed by atoms with E-state index in [0.717, 1.165) is 6.54 Å². The molecule has 1 aliphatic rings. The lowest BCUT2D eigenvalue weighted by molar-refractivity contribution is 0.745. The van der Waals surface area contributed by atoms with Gasteiger partial charge in [0.25, 0.3) is 0 Å². The van der Waals surface area contributed by atoms with Gasteiger partial charge in [-0.25, -0.2) is 0 Å². The normalized spacial score (nSPS) is 20.9. The zero-order valence-corrected chi connectivity index (χ0v) is 8.22. The van der Waals surface area contributed by atoms with Gasteiger partial charge in [-0.15, -0.1) is 0 Å². The summed E-state index contributed by atoms with van der Waals surface area (Å²) in [6, 6.07) is 7.06. The van der Waals surface area contributed by atoms with Crippen LogP contribution < -0.4 is 10.6 Å². The van der Waals surface area contributed by atoms with Gasteiger partial charge in [-0.2, -0.15) is 0 Å². The molecule has 0 saturated heterocycles. The highest BCUT2D eigenvalue weighted by Crippen LogP contribution is 2.26. The van der Waals surface area contributed by atoms with E-state index in [1.165, 1.54) is 23.4 Å². The topological polar surface area (TPSA) is 24.1 Å². The van der Waals surface area contributed by atoms with E-state index in [2.05, 4.69) is 42.7 Å². The molecular weight excluding hydrogens is 160 g/mol. The predicted molar refractivity (Wildman–Crippen MR) is 57.4 cm³/mol. The van der Waals surface area contributed by atoms with Crippen molar-refractivity contribution in [3.63, 3.8) is 0 Å². The van der Waals surface area contributed by atoms with Gasteiger partial charge in [0.2, 0.25) is 0 Å². The van der Waals surface area contributed by atoms with Crippen molar-refractivity contribution in [2.45, 2.75) is 26.3 Å². The summed E-state index contributed by atoms with van der Waals surface area (Å²) >= 11 is 0. The highest BCUT2D eigenvalue weighted by atomic mass is 15.0. The van der Waals surface area contributed by atoms with E-state index in [0.29, 0.717) is 6.04 Å². The van der Waals surface area contributed by atoms with Gasteiger partial charge in [0, 0.05) is 12.6 Å². The van der Waals surface area contributed by atoms with Crippen molar-refractivity contribution < 1.29 is 0 Å². The predicted octanol–water partition coefficient (Wildman–Crippen LogP) is 2.61. The second-order valence-electron chi connectivity index (χ2n) is 3.81. The first-order chi connectivity index (χ1) is 6.25. The quantitative estimate of drug-likeness (QED) is 0.635. The van der Waals surface area contributed by atoms with Gasteiger partial charge >= 0.3 is 0 Å². The average Bonchev–Trinajstić information content (AvgIpc) is 2.25. The maximum atomic E-state index is 3.49. The molecule has 0 radical (unpaired) electrons. The molecule has 2 N–H and O–H groups in total. The maximum absolute atomic E-state index is 3.49. The van der Waals surface area contributed by atoms with E-state index in [1.54, 1.807) is 0 Å². The summed E-state index contributed by atoms with van der Waals surface area (Å²) in [5.74, 6) is 0. The molecule has 0 saturated carbocycles. The molecule has 1 aliphatic heterocycles. The van der Waals surface area contributed by atoms with Gasteiger partial charge in [0.1, 0.15) is 0 Å². The fourth-order valence-corrected chi connectivity index (χ4v) is 1.69. The van der Waals surface area contributed by atoms with E-state index in [-0.39, 0.29) is 0 Å². The Morgan fingerprint density at radius 3 is 3.00 bits per heavy atom. The Kier molecular flexibility index (Phi) is 2.13. The Balaban J connectivity index is 2.34. The largest absolute Gasteiger partial charge is 0.383 e. The number of benzene rings is 1. The molecule has 1 unspecified atom stereocenters. The van der Waals surface area contributed by atoms with E-state index in [4.69, 9.17) is 0 Å². The van der Waals surface area contributed by atoms with Crippen molar-refractivity contribution in [3.8, 4) is 0 Å². The molecule has 1 aromatic rings. The van der Waals surface area contributed by atoms with Crippen LogP contribution in [0.2, 0.25) is 0 Å². The van der Waals surface area contributed by atoms with Crippen molar-refractivity contribution in [1.29, 1.82) is 0 Å². The minimum Gasteiger partial charge on any atom is -0.383 e. The lowest BCUT2D eigenvalue weighted by Gasteiger charge is -2.12. The van der Waals surface area contributed by atoms with Crippen LogP contribution in [-0.2, 0) is 0 Å². The Morgan fingerprint density at radius 1 is 1.31 bits per heavy atom. The van der Waals surface area contributed by atoms with Gasteiger partial charge < -0.3 is 10.6 Å². The number of rotatable bonds is 0. The second kappa shape index (κ2) is 3.29. The van der Waals surface area contributed by atoms with Crippen LogP contribution in [0.4, 0.5) is 11.4 Å². The third kappa shape index (κ3) is 1.77. The smallest absolute Gasteiger partial charge is 0.0578 e. The van der Waals surface area contributed by atoms with Gasteiger partial charge in [-0.1, -0.05) is 6.07 Å². The summed E-state index contributed by atoms with van der Waals surface area (Å²) in [5.41, 5.74) is 3.78. The van der Waals surface area contributed by atoms with Crippen molar-refractivity contribution in [3.05, 3.63) is 23.8 Å². The summed E-state index contributed by atoms with van der Waals surface area (Å²) < 4.78 is 0. The van der Waals surface area contributed by atoms with Gasteiger partial charge in [0.05, 0.1) is 11.4 Å². The standard InChI is InChI=1S/C11H16N2/c1-8-3-4-10-11(7-8)12-6-5-9(2)13-10/h3-4,7,9,12-13H,5-6H2,1-2H3. The van der Waals surface area contributed by atoms with Crippen molar-refractivity contribution in [2.75, 3.05) is 17.2 Å². The molecule has 2 heteroatoms. The number of nitrogens with one attached hydrogen (secondary N) is 2. The van der Waals surface area contributed by atoms with Crippen LogP contribution >= 0.6 is 0 Å². The van der Waals surface area contributed by atoms with Crippen molar-refractivity contribution >= 4 is 11.4 Å². The molecule has 70 valence electrons. The Bertz CT molecular complexity index is 307. The molecule has 0 fully saturated rings. The van der Waals surface area contributed by atoms with E-state index in [1.807, 2.05) is 0 Å². The van der Waals surface area contributed by atoms with Gasteiger partial charge in [0.15, 0.2) is 0 Å². The van der Waals surface area contributed by atoms with Crippen LogP contribution in [0.25, 0.3) is 0 Å². The molecule has 1 atom stereocenters. The molecule has 0 aliphatic carbocycles. The highest BCUT2D eigenvalue weighted by Gasteiger charge is 2.10. The van der Waals surface area contributed by atoms with Crippen molar-refractivity contribution in [2.24, 2.45) is 0 Å². The number of aryl methyl sites for hydroxylation is 1. The van der Waals surface area contributed by atoms with Crippen LogP contribution in [0.15, 0.2) is 18.2 Å². The molecule has 2 rings (SSSR count). The second-order valence-corrected chi connectivity index (χ2v) is 3.81. The van der Waals surface area contributed by atoms with Crippen molar-refractivity contribution in [1.82, 2.24) is 0 Å². The Hall–Kier alpha value is -1.18. The number of hydrogen-bond donors (Lipinski definition) is 2. The highest BCUT2D eigenvalue weighted by molar-refractivity contribution is 5.70. The summed E-state index contributed by atoms with van der Waals surface area (Å²) in [6.45, 7) is 5.40. The molecule has 0 spiro atoms. The molecular formula is C11H16N2. The molecule has 0 aromatic heterocycles. The minimum atomic E-state index is 0.566. The van der Waals surface area contributed by atoms with Gasteiger partial charge in [-0.3, -0.25) is 0 Å². The molecule has 1 aromatic carbocycles. The van der Waals surface area contributed by atoms with E-state index < -0.39 is 0 Å². The summed E-state index contributed by atoms with van der Waals surface area (Å²) in [4.78, 5) is 0. The molecule has 13 heavy (non-hydrogen) atoms. The molecule has 2 nitrogen and oxygen atoms in total. The Labute approximate surface area is 79.4 Å². The van der Waals surface area contributed by atoms with Crippen LogP contribution in [0.1, 0.15) is 18.9 Å². The zero-order chi connectivity index (χ0) is 9.26. The van der Waals surface area contributed by atoms with E-state index in [9.17, 15) is 0 Å². The minimum absolute atomic E-state index is 0.566. The van der Waals surface area contributed by atoms with E-state index >= 15 is 0 Å². The summed E-state index contributed by atoms with van der Waals surface area (Å²) in [6.07, 6.45) is 1.17. The molecule has 0 amide bonds. The summed E-state index contributed by atoms with van der Waals surface area (Å²) in [7, 11) is 0. The summed E-state index contributed by atoms with van der Waals surface area (Å²) in [5, 5.41) is 6.92. The zero-order valence-electron chi connectivity index (χ0n) is 8.22. The lowest BCUT2D eigenvalue weighted by atomic mass is 10.2. The lowest BCUT2D eigenvalue weighted by Crippen LogP contribution is -2.14. The first kappa shape index (κ1) is 8.42. The Morgan fingerprint density at radius 2 is 2.15 bits per heavy atom. The fourth-order valence-electron chi connectivity index (χ4n) is 1.69. The fraction of sp³-hybridized carbons (Fsp3) is 0.455. The van der Waals surface area contributed by atoms with Crippen LogP contribution in [-0.4, -0.2) is 12.6 Å². The number of hydrogen-bond acceptors (Lipinski definition) is 2. The van der Waals surface area contributed by atoms with Gasteiger partial charge in [-0.05, 0) is 38.0 Å². The first-order valence-electron chi connectivity index (χ1n) is 4.87. The molecule has 1 heterocycles.